The van der Waals surface area contributed by atoms with Crippen molar-refractivity contribution in [1.82, 2.24) is 9.55 Å². The largest absolute Gasteiger partial charge is 0.465 e. The fraction of sp³-hybridized carbons (Fsp3) is 0.158. The number of halogens is 1. The molecule has 0 saturated carbocycles. The average Bonchev–Trinajstić information content (AvgIpc) is 2.64. The summed E-state index contributed by atoms with van der Waals surface area (Å²) in [6.07, 6.45) is 1.30. The summed E-state index contributed by atoms with van der Waals surface area (Å²) in [5.74, 6) is -0.876. The van der Waals surface area contributed by atoms with Crippen molar-refractivity contribution in [3.8, 4) is 0 Å². The number of nitrogens with zero attached hydrogens (tertiary/aromatic N) is 2. The van der Waals surface area contributed by atoms with E-state index in [9.17, 15) is 14.4 Å². The number of fused-ring (bicyclic) bond motifs is 1. The smallest absolute Gasteiger partial charge is 0.326 e. The minimum atomic E-state index is -0.522. The van der Waals surface area contributed by atoms with Gasteiger partial charge in [0.05, 0.1) is 23.8 Å². The lowest BCUT2D eigenvalue weighted by Gasteiger charge is -2.09. The van der Waals surface area contributed by atoms with Crippen LogP contribution in [0.2, 0.25) is 5.02 Å². The number of ether oxygens (including phenoxy) is 1. The van der Waals surface area contributed by atoms with E-state index >= 15 is 0 Å². The first-order chi connectivity index (χ1) is 13.0. The fourth-order valence-electron chi connectivity index (χ4n) is 2.53. The maximum atomic E-state index is 12.6. The van der Waals surface area contributed by atoms with E-state index in [0.717, 1.165) is 0 Å². The highest BCUT2D eigenvalue weighted by Crippen LogP contribution is 2.17. The van der Waals surface area contributed by atoms with Gasteiger partial charge in [0.2, 0.25) is 0 Å². The Kier molecular flexibility index (Phi) is 5.52. The molecule has 0 unspecified atom stereocenters. The second-order valence-corrected chi connectivity index (χ2v) is 6.12. The summed E-state index contributed by atoms with van der Waals surface area (Å²) in [5.41, 5.74) is 0.890. The third-order valence-corrected chi connectivity index (χ3v) is 4.01. The van der Waals surface area contributed by atoms with E-state index in [-0.39, 0.29) is 24.4 Å². The summed E-state index contributed by atoms with van der Waals surface area (Å²) in [6.45, 7) is 1.69. The molecule has 8 heteroatoms. The van der Waals surface area contributed by atoms with Gasteiger partial charge in [0.15, 0.2) is 0 Å². The molecule has 138 valence electrons. The quantitative estimate of drug-likeness (QED) is 0.682. The number of carbonyl (C=O) groups excluding carboxylic acids is 2. The lowest BCUT2D eigenvalue weighted by Crippen LogP contribution is -2.25. The van der Waals surface area contributed by atoms with E-state index in [4.69, 9.17) is 16.3 Å². The molecule has 0 radical (unpaired) electrons. The molecule has 1 aromatic heterocycles. The van der Waals surface area contributed by atoms with E-state index in [1.54, 1.807) is 43.3 Å². The predicted octanol–water partition coefficient (Wildman–Crippen LogP) is 2.87. The van der Waals surface area contributed by atoms with Crippen molar-refractivity contribution in [2.75, 3.05) is 11.9 Å². The third kappa shape index (κ3) is 4.32. The first kappa shape index (κ1) is 18.6. The number of benzene rings is 2. The Morgan fingerprint density at radius 1 is 1.22 bits per heavy atom. The zero-order valence-electron chi connectivity index (χ0n) is 14.4. The number of rotatable bonds is 5. The van der Waals surface area contributed by atoms with Gasteiger partial charge < -0.3 is 10.1 Å². The number of esters is 1. The molecule has 0 fully saturated rings. The monoisotopic (exact) mass is 385 g/mol. The number of hydrogen-bond donors (Lipinski definition) is 1. The summed E-state index contributed by atoms with van der Waals surface area (Å²) < 4.78 is 6.02. The molecular formula is C19H16ClN3O4. The van der Waals surface area contributed by atoms with Crippen molar-refractivity contribution in [3.63, 3.8) is 0 Å². The normalized spacial score (nSPS) is 10.6. The molecule has 0 atom stereocenters. The Morgan fingerprint density at radius 2 is 2.04 bits per heavy atom. The number of aromatic nitrogens is 2. The molecule has 1 N–H and O–H groups in total. The van der Waals surface area contributed by atoms with Crippen LogP contribution in [0.25, 0.3) is 10.9 Å². The number of hydrogen-bond acceptors (Lipinski definition) is 5. The Labute approximate surface area is 159 Å². The lowest BCUT2D eigenvalue weighted by atomic mass is 10.2. The fourth-order valence-corrected chi connectivity index (χ4v) is 2.72. The molecule has 3 rings (SSSR count). The molecule has 0 saturated heterocycles. The number of nitrogens with one attached hydrogen (secondary N) is 1. The minimum Gasteiger partial charge on any atom is -0.465 e. The highest BCUT2D eigenvalue weighted by molar-refractivity contribution is 6.31. The van der Waals surface area contributed by atoms with Crippen molar-refractivity contribution in [1.29, 1.82) is 0 Å². The van der Waals surface area contributed by atoms with Gasteiger partial charge in [-0.25, -0.2) is 4.98 Å². The molecule has 27 heavy (non-hydrogen) atoms. The van der Waals surface area contributed by atoms with Crippen molar-refractivity contribution in [2.45, 2.75) is 13.5 Å². The maximum Gasteiger partial charge on any atom is 0.326 e. The van der Waals surface area contributed by atoms with Crippen LogP contribution in [0, 0.1) is 0 Å². The predicted molar refractivity (Wildman–Crippen MR) is 102 cm³/mol. The second-order valence-electron chi connectivity index (χ2n) is 5.68. The zero-order valence-corrected chi connectivity index (χ0v) is 15.2. The molecule has 0 aliphatic carbocycles. The van der Waals surface area contributed by atoms with Crippen LogP contribution in [0.15, 0.2) is 53.6 Å². The number of anilines is 1. The van der Waals surface area contributed by atoms with Gasteiger partial charge in [-0.05, 0) is 43.3 Å². The molecule has 7 nitrogen and oxygen atoms in total. The minimum absolute atomic E-state index is 0.227. The van der Waals surface area contributed by atoms with Gasteiger partial charge in [-0.3, -0.25) is 19.0 Å². The third-order valence-electron chi connectivity index (χ3n) is 3.77. The van der Waals surface area contributed by atoms with Crippen LogP contribution in [0.1, 0.15) is 17.3 Å². The molecule has 0 bridgehead atoms. The highest BCUT2D eigenvalue weighted by atomic mass is 35.5. The van der Waals surface area contributed by atoms with E-state index in [2.05, 4.69) is 10.3 Å². The van der Waals surface area contributed by atoms with Crippen LogP contribution in [0.5, 0.6) is 0 Å². The lowest BCUT2D eigenvalue weighted by molar-refractivity contribution is -0.143. The summed E-state index contributed by atoms with van der Waals surface area (Å²) in [7, 11) is 0. The van der Waals surface area contributed by atoms with E-state index < -0.39 is 11.5 Å². The molecule has 1 amide bonds. The van der Waals surface area contributed by atoms with Gasteiger partial charge in [-0.1, -0.05) is 17.7 Å². The van der Waals surface area contributed by atoms with Crippen molar-refractivity contribution in [3.05, 3.63) is 69.7 Å². The molecule has 1 heterocycles. The standard InChI is InChI=1S/C19H16ClN3O4/c1-2-27-17(24)10-23-11-21-16-7-6-14(9-15(16)19(23)26)22-18(25)12-4-3-5-13(20)8-12/h3-9,11H,2,10H2,1H3,(H,22,25). The average molecular weight is 386 g/mol. The molecular weight excluding hydrogens is 370 g/mol. The van der Waals surface area contributed by atoms with Gasteiger partial charge in [0.1, 0.15) is 6.54 Å². The summed E-state index contributed by atoms with van der Waals surface area (Å²) in [5, 5.41) is 3.45. The van der Waals surface area contributed by atoms with Gasteiger partial charge in [0.25, 0.3) is 11.5 Å². The van der Waals surface area contributed by atoms with Crippen molar-refractivity contribution in [2.24, 2.45) is 0 Å². The maximum absolute atomic E-state index is 12.6. The van der Waals surface area contributed by atoms with Crippen LogP contribution in [-0.4, -0.2) is 28.0 Å². The van der Waals surface area contributed by atoms with Gasteiger partial charge in [0, 0.05) is 16.3 Å². The van der Waals surface area contributed by atoms with Gasteiger partial charge in [-0.15, -0.1) is 0 Å². The first-order valence-corrected chi connectivity index (χ1v) is 8.57. The van der Waals surface area contributed by atoms with Gasteiger partial charge in [-0.2, -0.15) is 0 Å². The summed E-state index contributed by atoms with van der Waals surface area (Å²) >= 11 is 5.90. The van der Waals surface area contributed by atoms with Crippen molar-refractivity contribution < 1.29 is 14.3 Å². The Morgan fingerprint density at radius 3 is 2.78 bits per heavy atom. The number of amides is 1. The number of carbonyl (C=O) groups is 2. The van der Waals surface area contributed by atoms with Crippen LogP contribution >= 0.6 is 11.6 Å². The Balaban J connectivity index is 1.89. The molecule has 0 spiro atoms. The van der Waals surface area contributed by atoms with E-state index in [1.807, 2.05) is 0 Å². The molecule has 0 aliphatic rings. The SMILES string of the molecule is CCOC(=O)Cn1cnc2ccc(NC(=O)c3cccc(Cl)c3)cc2c1=O. The van der Waals surface area contributed by atoms with Crippen LogP contribution < -0.4 is 10.9 Å². The molecule has 0 aliphatic heterocycles. The Hall–Kier alpha value is -3.19. The van der Waals surface area contributed by atoms with Crippen LogP contribution in [0.3, 0.4) is 0 Å². The Bertz CT molecular complexity index is 1080. The summed E-state index contributed by atoms with van der Waals surface area (Å²) in [6, 6.07) is 11.3. The van der Waals surface area contributed by atoms with Crippen LogP contribution in [-0.2, 0) is 16.1 Å². The van der Waals surface area contributed by atoms with Crippen LogP contribution in [0.4, 0.5) is 5.69 Å². The van der Waals surface area contributed by atoms with E-state index in [0.29, 0.717) is 21.8 Å². The molecule has 3 aromatic rings. The molecule has 2 aromatic carbocycles. The van der Waals surface area contributed by atoms with Gasteiger partial charge >= 0.3 is 5.97 Å². The first-order valence-electron chi connectivity index (χ1n) is 8.19. The highest BCUT2D eigenvalue weighted by Gasteiger charge is 2.11. The van der Waals surface area contributed by atoms with E-state index in [1.165, 1.54) is 17.0 Å². The van der Waals surface area contributed by atoms with Crippen molar-refractivity contribution >= 4 is 40.1 Å². The topological polar surface area (TPSA) is 90.3 Å². The zero-order chi connectivity index (χ0) is 19.4. The second kappa shape index (κ2) is 8.01. The summed E-state index contributed by atoms with van der Waals surface area (Å²) in [4.78, 5) is 40.7.